The molecule has 0 atom stereocenters. The quantitative estimate of drug-likeness (QED) is 0.184. The predicted molar refractivity (Wildman–Crippen MR) is 56.0 cm³/mol. The molecule has 0 aliphatic carbocycles. The van der Waals surface area contributed by atoms with Crippen molar-refractivity contribution in [2.75, 3.05) is 0 Å². The zero-order valence-electron chi connectivity index (χ0n) is 10.1. The van der Waals surface area contributed by atoms with Crippen molar-refractivity contribution in [3.63, 3.8) is 0 Å². The van der Waals surface area contributed by atoms with Gasteiger partial charge in [-0.3, -0.25) is 8.42 Å². The average Bonchev–Trinajstić information content (AvgIpc) is 1.76. The fourth-order valence-electron chi connectivity index (χ4n) is 0.0680. The molecule has 0 heterocycles. The van der Waals surface area contributed by atoms with Gasteiger partial charge in [0, 0.05) is 10.4 Å². The number of hydrogen-bond acceptors (Lipinski definition) is 12. The lowest BCUT2D eigenvalue weighted by Gasteiger charge is -2.07. The van der Waals surface area contributed by atoms with E-state index in [1.165, 1.54) is 0 Å². The number of quaternary nitrogens is 4. The highest BCUT2D eigenvalue weighted by molar-refractivity contribution is 7.83. The topological polar surface area (TPSA) is 359 Å². The Morgan fingerprint density at radius 2 is 0.632 bits per heavy atom. The first-order valence-corrected chi connectivity index (χ1v) is 6.17. The van der Waals surface area contributed by atoms with Crippen molar-refractivity contribution < 1.29 is 52.1 Å². The van der Waals surface area contributed by atoms with E-state index in [1.807, 2.05) is 0 Å². The maximum absolute atomic E-state index is 9.37. The first-order chi connectivity index (χ1) is 6.21. The Morgan fingerprint density at radius 3 is 0.684 bits per heavy atom. The summed E-state index contributed by atoms with van der Waals surface area (Å²) in [5, 5.41) is 0. The summed E-state index contributed by atoms with van der Waals surface area (Å²) in [7, 11) is -15.8. The second-order valence-corrected chi connectivity index (χ2v) is 4.08. The molecule has 0 aliphatic rings. The van der Waals surface area contributed by atoms with E-state index in [1.54, 1.807) is 0 Å². The van der Waals surface area contributed by atoms with E-state index in [2.05, 4.69) is 8.67 Å². The van der Waals surface area contributed by atoms with Gasteiger partial charge in [-0.1, -0.05) is 0 Å². The molecule has 16 nitrogen and oxygen atoms in total. The van der Waals surface area contributed by atoms with E-state index in [4.69, 9.17) is 17.5 Å². The van der Waals surface area contributed by atoms with Crippen LogP contribution in [0.25, 0.3) is 0 Å². The third-order valence-corrected chi connectivity index (χ3v) is 0.750. The summed E-state index contributed by atoms with van der Waals surface area (Å²) in [4.78, 5) is 0. The Labute approximate surface area is 108 Å². The summed E-state index contributed by atoms with van der Waals surface area (Å²) in [5.41, 5.74) is 0. The van der Waals surface area contributed by atoms with Gasteiger partial charge in [-0.05, 0) is 0 Å². The van der Waals surface area contributed by atoms with Crippen LogP contribution in [0.4, 0.5) is 0 Å². The fraction of sp³-hybridized carbons (Fsp3) is 0. The van der Waals surface area contributed by atoms with Crippen molar-refractivity contribution in [1.29, 1.82) is 0 Å². The normalized spacial score (nSPS) is 10.1. The van der Waals surface area contributed by atoms with Crippen LogP contribution < -0.4 is 24.6 Å². The molecule has 16 N–H and O–H groups in total. The van der Waals surface area contributed by atoms with Crippen LogP contribution in [0.15, 0.2) is 0 Å². The summed E-state index contributed by atoms with van der Waals surface area (Å²) in [6.45, 7) is 0. The predicted octanol–water partition coefficient (Wildman–Crippen LogP) is -1.98. The van der Waals surface area contributed by atoms with Crippen molar-refractivity contribution in [3.8, 4) is 0 Å². The Balaban J connectivity index is -0.0000000418. The molecule has 0 unspecified atom stereocenters. The molecule has 0 spiro atoms. The third-order valence-electron chi connectivity index (χ3n) is 0.194. The molecule has 0 saturated carbocycles. The SMILES string of the molecule is O=S(=O)([O-])OOS(=O)(=O)[O-].O=S(=O)([O-])[O-].[NH4+].[NH4+].[NH4+].[NH4+]. The van der Waals surface area contributed by atoms with Gasteiger partial charge in [0.05, 0.1) is 0 Å². The molecule has 0 aliphatic heterocycles. The van der Waals surface area contributed by atoms with Crippen LogP contribution in [0.3, 0.4) is 0 Å². The molecule has 19 heteroatoms. The minimum Gasteiger partial charge on any atom is -0.759 e. The minimum atomic E-state index is -5.31. The minimum absolute atomic E-state index is 0. The highest BCUT2D eigenvalue weighted by Gasteiger charge is 1.99. The standard InChI is InChI=1S/4H3N.H2O8S2.H2O4S/c;;;;1-9(2,3)7-8-10(4,5)6;1-5(2,3)4/h4*1H3;(H,1,2,3)(H,4,5,6);(H2,1,2,3,4). The van der Waals surface area contributed by atoms with Gasteiger partial charge < -0.3 is 42.8 Å². The van der Waals surface area contributed by atoms with Crippen LogP contribution in [-0.2, 0) is 39.9 Å². The van der Waals surface area contributed by atoms with E-state index < -0.39 is 31.2 Å². The van der Waals surface area contributed by atoms with Gasteiger partial charge in [0.1, 0.15) is 0 Å². The van der Waals surface area contributed by atoms with Crippen molar-refractivity contribution in [1.82, 2.24) is 24.6 Å². The molecule has 0 amide bonds. The van der Waals surface area contributed by atoms with Crippen LogP contribution in [0.5, 0.6) is 0 Å². The fourth-order valence-corrected chi connectivity index (χ4v) is 0.612. The first-order valence-electron chi connectivity index (χ1n) is 2.17. The molecular formula is H16N4O12S3. The molecule has 0 rings (SSSR count). The first kappa shape index (κ1) is 36.2. The molecule has 126 valence electrons. The van der Waals surface area contributed by atoms with Gasteiger partial charge in [0.15, 0.2) is 0 Å². The highest BCUT2D eigenvalue weighted by atomic mass is 32.3. The summed E-state index contributed by atoms with van der Waals surface area (Å²) in [6.07, 6.45) is 0. The van der Waals surface area contributed by atoms with E-state index in [9.17, 15) is 25.9 Å². The van der Waals surface area contributed by atoms with Gasteiger partial charge in [-0.2, -0.15) is 0 Å². The highest BCUT2D eigenvalue weighted by Crippen LogP contribution is 1.92. The van der Waals surface area contributed by atoms with Gasteiger partial charge in [0.2, 0.25) is 20.8 Å². The Bertz CT molecular complexity index is 429. The Morgan fingerprint density at radius 1 is 0.526 bits per heavy atom. The smallest absolute Gasteiger partial charge is 0.246 e. The number of rotatable bonds is 3. The van der Waals surface area contributed by atoms with Gasteiger partial charge >= 0.3 is 0 Å². The molecule has 19 heavy (non-hydrogen) atoms. The second kappa shape index (κ2) is 12.5. The van der Waals surface area contributed by atoms with E-state index in [-0.39, 0.29) is 24.6 Å². The molecule has 0 aromatic heterocycles. The molecule has 0 fully saturated rings. The summed E-state index contributed by atoms with van der Waals surface area (Å²) < 4.78 is 95.5. The Kier molecular flexibility index (Phi) is 23.8. The van der Waals surface area contributed by atoms with Gasteiger partial charge in [0.25, 0.3) is 0 Å². The van der Waals surface area contributed by atoms with Gasteiger partial charge in [-0.25, -0.2) is 16.8 Å². The molecule has 0 saturated heterocycles. The largest absolute Gasteiger partial charge is 0.759 e. The molecule has 0 aromatic carbocycles. The van der Waals surface area contributed by atoms with Crippen LogP contribution >= 0.6 is 0 Å². The maximum Gasteiger partial charge on any atom is 0.246 e. The molecule has 0 aromatic rings. The van der Waals surface area contributed by atoms with E-state index >= 15 is 0 Å². The summed E-state index contributed by atoms with van der Waals surface area (Å²) in [5.74, 6) is 0. The monoisotopic (exact) mass is 360 g/mol. The van der Waals surface area contributed by atoms with Crippen LogP contribution in [0, 0.1) is 0 Å². The van der Waals surface area contributed by atoms with Crippen molar-refractivity contribution in [2.24, 2.45) is 0 Å². The van der Waals surface area contributed by atoms with Crippen molar-refractivity contribution in [3.05, 3.63) is 0 Å². The van der Waals surface area contributed by atoms with Crippen LogP contribution in [-0.4, -0.2) is 43.5 Å². The second-order valence-electron chi connectivity index (χ2n) is 1.36. The van der Waals surface area contributed by atoms with Gasteiger partial charge in [-0.15, -0.1) is 8.67 Å². The van der Waals surface area contributed by atoms with Crippen molar-refractivity contribution >= 4 is 31.2 Å². The van der Waals surface area contributed by atoms with Crippen molar-refractivity contribution in [2.45, 2.75) is 0 Å². The molecular weight excluding hydrogens is 344 g/mol. The van der Waals surface area contributed by atoms with Crippen LogP contribution in [0.2, 0.25) is 0 Å². The third kappa shape index (κ3) is 100. The molecule has 0 radical (unpaired) electrons. The Hall–Kier alpha value is -0.550. The summed E-state index contributed by atoms with van der Waals surface area (Å²) >= 11 is 0. The molecule has 0 bridgehead atoms. The van der Waals surface area contributed by atoms with E-state index in [0.29, 0.717) is 0 Å². The van der Waals surface area contributed by atoms with E-state index in [0.717, 1.165) is 0 Å². The lowest BCUT2D eigenvalue weighted by molar-refractivity contribution is -0.107. The maximum atomic E-state index is 9.37. The lowest BCUT2D eigenvalue weighted by Crippen LogP contribution is -2.10. The number of hydrogen-bond donors (Lipinski definition) is 4. The summed E-state index contributed by atoms with van der Waals surface area (Å²) in [6, 6.07) is 0. The lowest BCUT2D eigenvalue weighted by atomic mass is 14.0. The zero-order valence-corrected chi connectivity index (χ0v) is 12.6. The zero-order chi connectivity index (χ0) is 12.9. The average molecular weight is 360 g/mol. The van der Waals surface area contributed by atoms with Crippen LogP contribution in [0.1, 0.15) is 0 Å².